The van der Waals surface area contributed by atoms with E-state index in [0.29, 0.717) is 17.9 Å². The number of anilines is 1. The van der Waals surface area contributed by atoms with Crippen molar-refractivity contribution < 1.29 is 4.79 Å². The third kappa shape index (κ3) is 2.44. The molecule has 1 amide bonds. The summed E-state index contributed by atoms with van der Waals surface area (Å²) in [5, 5.41) is 12.1. The number of thiazole rings is 1. The maximum absolute atomic E-state index is 11.8. The average Bonchev–Trinajstić information content (AvgIpc) is 2.84. The van der Waals surface area contributed by atoms with E-state index in [0.717, 1.165) is 10.7 Å². The van der Waals surface area contributed by atoms with Gasteiger partial charge in [-0.25, -0.2) is 4.98 Å². The van der Waals surface area contributed by atoms with Crippen LogP contribution in [0.5, 0.6) is 0 Å². The normalized spacial score (nSPS) is 10.5. The lowest BCUT2D eigenvalue weighted by molar-refractivity contribution is 0.0946. The van der Waals surface area contributed by atoms with Crippen LogP contribution in [0.1, 0.15) is 26.9 Å². The van der Waals surface area contributed by atoms with Crippen LogP contribution in [0, 0.1) is 13.8 Å². The quantitative estimate of drug-likeness (QED) is 0.758. The van der Waals surface area contributed by atoms with Gasteiger partial charge in [0.05, 0.1) is 28.6 Å². The van der Waals surface area contributed by atoms with Crippen LogP contribution in [0.4, 0.5) is 5.69 Å². The van der Waals surface area contributed by atoms with E-state index in [1.807, 2.05) is 12.3 Å². The Labute approximate surface area is 102 Å². The minimum absolute atomic E-state index is 0.231. The standard InChI is InChI=1S/C10H13N5OS/c1-5-8(11)9(15-14-5)10(16)12-3-7-4-17-6(2)13-7/h4H,3,11H2,1-2H3,(H,12,16)(H,14,15). The van der Waals surface area contributed by atoms with Gasteiger partial charge in [-0.05, 0) is 13.8 Å². The van der Waals surface area contributed by atoms with Crippen molar-refractivity contribution in [1.29, 1.82) is 0 Å². The van der Waals surface area contributed by atoms with Crippen LogP contribution in [0.3, 0.4) is 0 Å². The second kappa shape index (κ2) is 4.54. The molecule has 4 N–H and O–H groups in total. The second-order valence-corrected chi connectivity index (χ2v) is 4.71. The van der Waals surface area contributed by atoms with Crippen LogP contribution in [-0.4, -0.2) is 21.1 Å². The molecule has 0 spiro atoms. The van der Waals surface area contributed by atoms with Gasteiger partial charge in [0.1, 0.15) is 0 Å². The Bertz CT molecular complexity index is 545. The fourth-order valence-corrected chi connectivity index (χ4v) is 1.97. The lowest BCUT2D eigenvalue weighted by Gasteiger charge is -2.01. The summed E-state index contributed by atoms with van der Waals surface area (Å²) in [5.41, 5.74) is 7.86. The van der Waals surface area contributed by atoms with Crippen molar-refractivity contribution in [2.75, 3.05) is 5.73 Å². The molecule has 17 heavy (non-hydrogen) atoms. The van der Waals surface area contributed by atoms with Gasteiger partial charge >= 0.3 is 0 Å². The number of carbonyl (C=O) groups is 1. The maximum Gasteiger partial charge on any atom is 0.274 e. The van der Waals surface area contributed by atoms with Crippen molar-refractivity contribution in [3.05, 3.63) is 27.5 Å². The number of amides is 1. The molecule has 0 saturated heterocycles. The van der Waals surface area contributed by atoms with Crippen LogP contribution >= 0.6 is 11.3 Å². The fourth-order valence-electron chi connectivity index (χ4n) is 1.35. The van der Waals surface area contributed by atoms with E-state index >= 15 is 0 Å². The molecule has 0 atom stereocenters. The lowest BCUT2D eigenvalue weighted by Crippen LogP contribution is -2.24. The first-order valence-electron chi connectivity index (χ1n) is 5.07. The highest BCUT2D eigenvalue weighted by Gasteiger charge is 2.15. The van der Waals surface area contributed by atoms with E-state index < -0.39 is 0 Å². The Kier molecular flexibility index (Phi) is 3.10. The molecule has 2 rings (SSSR count). The molecule has 0 aliphatic rings. The minimum Gasteiger partial charge on any atom is -0.395 e. The maximum atomic E-state index is 11.8. The monoisotopic (exact) mass is 251 g/mol. The largest absolute Gasteiger partial charge is 0.395 e. The molecule has 90 valence electrons. The molecular weight excluding hydrogens is 238 g/mol. The van der Waals surface area contributed by atoms with Crippen molar-refractivity contribution in [3.63, 3.8) is 0 Å². The highest BCUT2D eigenvalue weighted by molar-refractivity contribution is 7.09. The van der Waals surface area contributed by atoms with E-state index in [4.69, 9.17) is 5.73 Å². The fraction of sp³-hybridized carbons (Fsp3) is 0.300. The second-order valence-electron chi connectivity index (χ2n) is 3.65. The van der Waals surface area contributed by atoms with Crippen molar-refractivity contribution in [1.82, 2.24) is 20.5 Å². The van der Waals surface area contributed by atoms with Gasteiger partial charge in [0, 0.05) is 5.38 Å². The summed E-state index contributed by atoms with van der Waals surface area (Å²) in [4.78, 5) is 16.0. The van der Waals surface area contributed by atoms with Gasteiger partial charge in [-0.1, -0.05) is 0 Å². The minimum atomic E-state index is -0.294. The lowest BCUT2D eigenvalue weighted by atomic mass is 10.3. The predicted molar refractivity (Wildman–Crippen MR) is 65.8 cm³/mol. The zero-order valence-electron chi connectivity index (χ0n) is 9.57. The van der Waals surface area contributed by atoms with Crippen molar-refractivity contribution in [2.24, 2.45) is 0 Å². The Morgan fingerprint density at radius 1 is 1.59 bits per heavy atom. The Hall–Kier alpha value is -1.89. The van der Waals surface area contributed by atoms with E-state index in [1.165, 1.54) is 0 Å². The highest BCUT2D eigenvalue weighted by atomic mass is 32.1. The van der Waals surface area contributed by atoms with Crippen LogP contribution in [0.15, 0.2) is 5.38 Å². The SMILES string of the molecule is Cc1nc(CNC(=O)c2n[nH]c(C)c2N)cs1. The predicted octanol–water partition coefficient (Wildman–Crippen LogP) is 0.995. The van der Waals surface area contributed by atoms with E-state index in [2.05, 4.69) is 20.5 Å². The smallest absolute Gasteiger partial charge is 0.274 e. The molecule has 6 nitrogen and oxygen atoms in total. The topological polar surface area (TPSA) is 96.7 Å². The van der Waals surface area contributed by atoms with Gasteiger partial charge in [0.2, 0.25) is 0 Å². The molecule has 2 heterocycles. The van der Waals surface area contributed by atoms with Crippen LogP contribution < -0.4 is 11.1 Å². The Morgan fingerprint density at radius 2 is 2.35 bits per heavy atom. The number of aromatic nitrogens is 3. The van der Waals surface area contributed by atoms with Gasteiger partial charge in [-0.2, -0.15) is 5.10 Å². The molecule has 0 fully saturated rings. The van der Waals surface area contributed by atoms with Gasteiger partial charge in [0.15, 0.2) is 5.69 Å². The molecule has 2 aromatic rings. The summed E-state index contributed by atoms with van der Waals surface area (Å²) >= 11 is 1.55. The molecule has 0 aliphatic heterocycles. The summed E-state index contributed by atoms with van der Waals surface area (Å²) in [7, 11) is 0. The zero-order valence-corrected chi connectivity index (χ0v) is 10.4. The van der Waals surface area contributed by atoms with Crippen molar-refractivity contribution in [2.45, 2.75) is 20.4 Å². The van der Waals surface area contributed by atoms with Crippen LogP contribution in [0.2, 0.25) is 0 Å². The number of hydrogen-bond donors (Lipinski definition) is 3. The number of rotatable bonds is 3. The van der Waals surface area contributed by atoms with E-state index in [1.54, 1.807) is 18.3 Å². The summed E-state index contributed by atoms with van der Waals surface area (Å²) in [5.74, 6) is -0.294. The molecule has 0 aromatic carbocycles. The third-order valence-electron chi connectivity index (χ3n) is 2.31. The number of nitrogen functional groups attached to an aromatic ring is 1. The highest BCUT2D eigenvalue weighted by Crippen LogP contribution is 2.12. The molecule has 0 unspecified atom stereocenters. The van der Waals surface area contributed by atoms with Gasteiger partial charge in [-0.3, -0.25) is 9.89 Å². The molecular formula is C10H13N5OS. The number of aryl methyl sites for hydroxylation is 2. The Balaban J connectivity index is 2.00. The molecule has 0 saturated carbocycles. The molecule has 0 radical (unpaired) electrons. The van der Waals surface area contributed by atoms with Crippen molar-refractivity contribution >= 4 is 22.9 Å². The van der Waals surface area contributed by atoms with E-state index in [-0.39, 0.29) is 11.6 Å². The summed E-state index contributed by atoms with van der Waals surface area (Å²) in [6.07, 6.45) is 0. The number of carbonyl (C=O) groups excluding carboxylic acids is 1. The van der Waals surface area contributed by atoms with Gasteiger partial charge in [-0.15, -0.1) is 11.3 Å². The molecule has 2 aromatic heterocycles. The van der Waals surface area contributed by atoms with Crippen LogP contribution in [0.25, 0.3) is 0 Å². The van der Waals surface area contributed by atoms with Gasteiger partial charge < -0.3 is 11.1 Å². The number of hydrogen-bond acceptors (Lipinski definition) is 5. The van der Waals surface area contributed by atoms with Crippen molar-refractivity contribution in [3.8, 4) is 0 Å². The van der Waals surface area contributed by atoms with Crippen LogP contribution in [-0.2, 0) is 6.54 Å². The number of nitrogens with zero attached hydrogens (tertiary/aromatic N) is 2. The average molecular weight is 251 g/mol. The number of nitrogens with two attached hydrogens (primary N) is 1. The number of H-pyrrole nitrogens is 1. The first kappa shape index (κ1) is 11.6. The zero-order chi connectivity index (χ0) is 12.4. The third-order valence-corrected chi connectivity index (χ3v) is 3.13. The Morgan fingerprint density at radius 3 is 2.88 bits per heavy atom. The number of aromatic amines is 1. The summed E-state index contributed by atoms with van der Waals surface area (Å²) in [6, 6.07) is 0. The first-order valence-corrected chi connectivity index (χ1v) is 5.95. The number of nitrogens with one attached hydrogen (secondary N) is 2. The molecule has 0 bridgehead atoms. The van der Waals surface area contributed by atoms with Gasteiger partial charge in [0.25, 0.3) is 5.91 Å². The molecule has 7 heteroatoms. The summed E-state index contributed by atoms with van der Waals surface area (Å²) in [6.45, 7) is 4.07. The molecule has 0 aliphatic carbocycles. The first-order chi connectivity index (χ1) is 8.08. The summed E-state index contributed by atoms with van der Waals surface area (Å²) < 4.78 is 0. The van der Waals surface area contributed by atoms with E-state index in [9.17, 15) is 4.79 Å².